The Bertz CT molecular complexity index is 1060. The van der Waals surface area contributed by atoms with Crippen LogP contribution in [0.25, 0.3) is 0 Å². The van der Waals surface area contributed by atoms with Gasteiger partial charge in [-0.3, -0.25) is 14.8 Å². The van der Waals surface area contributed by atoms with Crippen LogP contribution in [-0.4, -0.2) is 53.4 Å². The zero-order valence-electron chi connectivity index (χ0n) is 19.7. The highest BCUT2D eigenvalue weighted by Crippen LogP contribution is 2.18. The van der Waals surface area contributed by atoms with Gasteiger partial charge in [0.1, 0.15) is 12.4 Å². The molecule has 0 bridgehead atoms. The fourth-order valence-electron chi connectivity index (χ4n) is 3.48. The van der Waals surface area contributed by atoms with Gasteiger partial charge in [0.05, 0.1) is 12.0 Å². The predicted octanol–water partition coefficient (Wildman–Crippen LogP) is 2.73. The van der Waals surface area contributed by atoms with Crippen LogP contribution in [0.15, 0.2) is 42.5 Å². The van der Waals surface area contributed by atoms with Gasteiger partial charge in [0.25, 0.3) is 5.91 Å². The number of amides is 2. The zero-order valence-corrected chi connectivity index (χ0v) is 19.7. The molecule has 12 heteroatoms. The molecule has 9 nitrogen and oxygen atoms in total. The van der Waals surface area contributed by atoms with Crippen LogP contribution in [0.1, 0.15) is 33.5 Å². The molecule has 2 aromatic rings. The quantitative estimate of drug-likeness (QED) is 0.297. The van der Waals surface area contributed by atoms with Gasteiger partial charge in [-0.2, -0.15) is 13.2 Å². The number of carbonyl (C=O) groups is 3. The Hall–Kier alpha value is -3.64. The lowest BCUT2D eigenvalue weighted by molar-refractivity contribution is -0.192. The van der Waals surface area contributed by atoms with E-state index in [1.165, 1.54) is 11.1 Å². The molecular formula is C24H28F3N3O6. The van der Waals surface area contributed by atoms with Crippen LogP contribution in [-0.2, 0) is 16.2 Å². The second-order valence-corrected chi connectivity index (χ2v) is 8.20. The minimum Gasteiger partial charge on any atom is -0.489 e. The van der Waals surface area contributed by atoms with Crippen molar-refractivity contribution >= 4 is 17.8 Å². The van der Waals surface area contributed by atoms with Crippen molar-refractivity contribution in [2.45, 2.75) is 39.1 Å². The molecule has 0 aromatic heterocycles. The summed E-state index contributed by atoms with van der Waals surface area (Å²) in [4.78, 5) is 33.3. The van der Waals surface area contributed by atoms with Crippen LogP contribution < -0.4 is 20.9 Å². The minimum absolute atomic E-state index is 0.268. The number of carboxylic acids is 1. The smallest absolute Gasteiger partial charge is 0.489 e. The molecule has 1 aliphatic rings. The second kappa shape index (κ2) is 12.9. The summed E-state index contributed by atoms with van der Waals surface area (Å²) in [5.41, 5.74) is 5.66. The fourth-order valence-corrected chi connectivity index (χ4v) is 3.48. The number of alkyl halides is 3. The number of nitrogens with one attached hydrogen (secondary N) is 3. The molecular weight excluding hydrogens is 483 g/mol. The van der Waals surface area contributed by atoms with E-state index >= 15 is 0 Å². The third-order valence-corrected chi connectivity index (χ3v) is 5.50. The molecule has 2 aromatic carbocycles. The van der Waals surface area contributed by atoms with Gasteiger partial charge in [0.2, 0.25) is 5.91 Å². The summed E-state index contributed by atoms with van der Waals surface area (Å²) in [6.07, 6.45) is -4.54. The maximum atomic E-state index is 12.6. The Labute approximate surface area is 205 Å². The molecule has 196 valence electrons. The number of benzene rings is 2. The number of halogens is 3. The number of aryl methyl sites for hydroxylation is 2. The van der Waals surface area contributed by atoms with Crippen molar-refractivity contribution in [2.24, 2.45) is 5.92 Å². The van der Waals surface area contributed by atoms with E-state index in [1.54, 1.807) is 29.7 Å². The van der Waals surface area contributed by atoms with E-state index in [-0.39, 0.29) is 11.9 Å². The number of ether oxygens (including phenoxy) is 1. The molecule has 1 heterocycles. The van der Waals surface area contributed by atoms with Crippen molar-refractivity contribution in [3.63, 3.8) is 0 Å². The van der Waals surface area contributed by atoms with Crippen molar-refractivity contribution in [1.29, 1.82) is 0 Å². The summed E-state index contributed by atoms with van der Waals surface area (Å²) in [5, 5.41) is 22.1. The van der Waals surface area contributed by atoms with Crippen LogP contribution in [0.4, 0.5) is 13.2 Å². The third kappa shape index (κ3) is 8.54. The molecule has 0 radical (unpaired) electrons. The lowest BCUT2D eigenvalue weighted by atomic mass is 9.91. The van der Waals surface area contributed by atoms with Gasteiger partial charge >= 0.3 is 12.1 Å². The lowest BCUT2D eigenvalue weighted by Gasteiger charge is -2.31. The highest BCUT2D eigenvalue weighted by molar-refractivity contribution is 5.95. The normalized spacial score (nSPS) is 17.3. The van der Waals surface area contributed by atoms with Crippen LogP contribution in [0, 0.1) is 19.8 Å². The fraction of sp³-hybridized carbons (Fsp3) is 0.375. The summed E-state index contributed by atoms with van der Waals surface area (Å²) in [6.45, 7) is 5.70. The number of carboxylic acid groups (broad SMARTS) is 1. The van der Waals surface area contributed by atoms with E-state index in [1.807, 2.05) is 6.92 Å². The Morgan fingerprint density at radius 1 is 1.11 bits per heavy atom. The van der Waals surface area contributed by atoms with E-state index in [9.17, 15) is 22.8 Å². The number of hydrogen-bond donors (Lipinski definition) is 5. The maximum absolute atomic E-state index is 12.6. The van der Waals surface area contributed by atoms with E-state index in [4.69, 9.17) is 19.8 Å². The van der Waals surface area contributed by atoms with Gasteiger partial charge in [0, 0.05) is 12.1 Å². The van der Waals surface area contributed by atoms with Gasteiger partial charge in [-0.25, -0.2) is 10.3 Å². The van der Waals surface area contributed by atoms with E-state index < -0.39 is 24.0 Å². The van der Waals surface area contributed by atoms with Crippen molar-refractivity contribution in [3.8, 4) is 5.75 Å². The summed E-state index contributed by atoms with van der Waals surface area (Å²) in [7, 11) is 0. The summed E-state index contributed by atoms with van der Waals surface area (Å²) < 4.78 is 37.6. The monoisotopic (exact) mass is 511 g/mol. The first-order valence-corrected chi connectivity index (χ1v) is 11.0. The summed E-state index contributed by atoms with van der Waals surface area (Å²) >= 11 is 0. The van der Waals surface area contributed by atoms with Gasteiger partial charge in [-0.1, -0.05) is 23.8 Å². The first-order chi connectivity index (χ1) is 16.9. The Balaban J connectivity index is 0.000000572. The third-order valence-electron chi connectivity index (χ3n) is 5.50. The summed E-state index contributed by atoms with van der Waals surface area (Å²) in [6, 6.07) is 12.8. The predicted molar refractivity (Wildman–Crippen MR) is 123 cm³/mol. The molecule has 1 aliphatic heterocycles. The molecule has 0 aliphatic carbocycles. The van der Waals surface area contributed by atoms with E-state index in [2.05, 4.69) is 35.8 Å². The SMILES string of the molecule is Cc1ccc(C)c(COc2ccc(C(=O)N[C@@H]3CNCC[C@@H]3C(=O)NO)cc2)c1.O=C(O)C(F)(F)F. The Morgan fingerprint density at radius 2 is 1.75 bits per heavy atom. The summed E-state index contributed by atoms with van der Waals surface area (Å²) in [5.74, 6) is -3.29. The first-order valence-electron chi connectivity index (χ1n) is 11.0. The van der Waals surface area contributed by atoms with Crippen molar-refractivity contribution < 1.29 is 42.6 Å². The largest absolute Gasteiger partial charge is 0.490 e. The molecule has 0 unspecified atom stereocenters. The number of hydrogen-bond acceptors (Lipinski definition) is 6. The Kier molecular flexibility index (Phi) is 10.2. The number of aliphatic carboxylic acids is 1. The molecule has 0 saturated carbocycles. The maximum Gasteiger partial charge on any atom is 0.490 e. The second-order valence-electron chi connectivity index (χ2n) is 8.20. The number of rotatable bonds is 6. The zero-order chi connectivity index (χ0) is 26.9. The number of piperidine rings is 1. The highest BCUT2D eigenvalue weighted by atomic mass is 19.4. The van der Waals surface area contributed by atoms with Gasteiger partial charge in [-0.05, 0) is 62.2 Å². The highest BCUT2D eigenvalue weighted by Gasteiger charge is 2.38. The van der Waals surface area contributed by atoms with Crippen molar-refractivity contribution in [1.82, 2.24) is 16.1 Å². The average molecular weight is 511 g/mol. The van der Waals surface area contributed by atoms with Crippen molar-refractivity contribution in [2.75, 3.05) is 13.1 Å². The van der Waals surface area contributed by atoms with Crippen molar-refractivity contribution in [3.05, 3.63) is 64.7 Å². The molecule has 1 saturated heterocycles. The van der Waals surface area contributed by atoms with E-state index in [0.717, 1.165) is 5.56 Å². The molecule has 0 spiro atoms. The minimum atomic E-state index is -5.08. The first kappa shape index (κ1) is 28.6. The Morgan fingerprint density at radius 3 is 2.33 bits per heavy atom. The number of hydroxylamine groups is 1. The van der Waals surface area contributed by atoms with Gasteiger partial charge in [-0.15, -0.1) is 0 Å². The molecule has 2 atom stereocenters. The van der Waals surface area contributed by atoms with Crippen LogP contribution in [0.3, 0.4) is 0 Å². The molecule has 3 rings (SSSR count). The average Bonchev–Trinajstić information content (AvgIpc) is 2.84. The molecule has 5 N–H and O–H groups in total. The van der Waals surface area contributed by atoms with E-state index in [0.29, 0.717) is 37.4 Å². The van der Waals surface area contributed by atoms with Crippen LogP contribution in [0.5, 0.6) is 5.75 Å². The van der Waals surface area contributed by atoms with Gasteiger partial charge in [0.15, 0.2) is 0 Å². The van der Waals surface area contributed by atoms with Crippen LogP contribution in [0.2, 0.25) is 0 Å². The standard InChI is InChI=1S/C22H27N3O4.C2HF3O2/c1-14-3-4-15(2)17(11-14)13-29-18-7-5-16(6-8-18)21(26)24-20-12-23-10-9-19(20)22(27)25-28;3-2(4,5)1(6)7/h3-8,11,19-20,23,28H,9-10,12-13H2,1-2H3,(H,24,26)(H,25,27);(H,6,7)/t19-,20+;/m0./s1. The molecule has 36 heavy (non-hydrogen) atoms. The molecule has 2 amide bonds. The number of carbonyl (C=O) groups excluding carboxylic acids is 2. The lowest BCUT2D eigenvalue weighted by Crippen LogP contribution is -2.55. The molecule has 1 fully saturated rings. The topological polar surface area (TPSA) is 137 Å². The van der Waals surface area contributed by atoms with Gasteiger partial charge < -0.3 is 20.5 Å². The van der Waals surface area contributed by atoms with Crippen LogP contribution >= 0.6 is 0 Å².